The Morgan fingerprint density at radius 3 is 2.49 bits per heavy atom. The molecule has 3 saturated carbocycles. The predicted octanol–water partition coefficient (Wildman–Crippen LogP) is 9.76. The number of halogens is 1. The third kappa shape index (κ3) is 5.44. The quantitative estimate of drug-likeness (QED) is 0.136. The van der Waals surface area contributed by atoms with Gasteiger partial charge in [-0.25, -0.2) is 4.79 Å². The fourth-order valence-corrected chi connectivity index (χ4v) is 8.94. The van der Waals surface area contributed by atoms with Gasteiger partial charge in [0.25, 0.3) is 0 Å². The van der Waals surface area contributed by atoms with E-state index < -0.39 is 0 Å². The summed E-state index contributed by atoms with van der Waals surface area (Å²) < 4.78 is 5.89. The predicted molar refractivity (Wildman–Crippen MR) is 147 cm³/mol. The van der Waals surface area contributed by atoms with Crippen LogP contribution in [0.4, 0.5) is 0 Å². The maximum absolute atomic E-state index is 12.5. The van der Waals surface area contributed by atoms with Gasteiger partial charge in [-0.15, -0.1) is 0 Å². The van der Waals surface area contributed by atoms with Crippen molar-refractivity contribution in [3.05, 3.63) is 22.3 Å². The van der Waals surface area contributed by atoms with Gasteiger partial charge in [-0.3, -0.25) is 0 Å². The van der Waals surface area contributed by atoms with E-state index in [-0.39, 0.29) is 12.1 Å². The molecule has 0 N–H and O–H groups in total. The highest BCUT2D eigenvalue weighted by Gasteiger charge is 2.58. The van der Waals surface area contributed by atoms with Crippen molar-refractivity contribution in [3.8, 4) is 0 Å². The summed E-state index contributed by atoms with van der Waals surface area (Å²) in [5.41, 5.74) is 3.00. The van der Waals surface area contributed by atoms with Gasteiger partial charge in [0.1, 0.15) is 6.10 Å². The largest absolute Gasteiger partial charge is 0.459 e. The number of allylic oxidation sites excluding steroid dienone is 2. The molecular weight excluding hydrogens is 452 g/mol. The molecular formula is C32H51ClO2. The van der Waals surface area contributed by atoms with Crippen LogP contribution in [0.5, 0.6) is 0 Å². The van der Waals surface area contributed by atoms with E-state index in [1.165, 1.54) is 77.0 Å². The Bertz CT molecular complexity index is 823. The highest BCUT2D eigenvalue weighted by Crippen LogP contribution is 2.66. The first-order chi connectivity index (χ1) is 16.7. The van der Waals surface area contributed by atoms with E-state index >= 15 is 0 Å². The normalized spacial score (nSPS) is 39.1. The second-order valence-corrected chi connectivity index (χ2v) is 13.6. The summed E-state index contributed by atoms with van der Waals surface area (Å²) in [4.78, 5) is 12.5. The lowest BCUT2D eigenvalue weighted by atomic mass is 9.47. The third-order valence-electron chi connectivity index (χ3n) is 11.3. The molecule has 198 valence electrons. The SMILES string of the molecule is CCCCCCCC[C@H]1CC[C@H]2[C@@H]3CC=C4C[C@@H](OC(=O)/C(C)=C(\C)Cl)CC[C@]4(C)[C@H]3CC[C@]12C. The van der Waals surface area contributed by atoms with Gasteiger partial charge in [0.15, 0.2) is 0 Å². The zero-order valence-corrected chi connectivity index (χ0v) is 24.0. The number of carbonyl (C=O) groups is 1. The topological polar surface area (TPSA) is 26.3 Å². The van der Waals surface area contributed by atoms with Gasteiger partial charge in [0.2, 0.25) is 0 Å². The number of hydrogen-bond acceptors (Lipinski definition) is 2. The average molecular weight is 503 g/mol. The molecule has 35 heavy (non-hydrogen) atoms. The molecule has 2 nitrogen and oxygen atoms in total. The summed E-state index contributed by atoms with van der Waals surface area (Å²) in [5, 5.41) is 0.534. The van der Waals surface area contributed by atoms with Crippen molar-refractivity contribution in [1.82, 2.24) is 0 Å². The van der Waals surface area contributed by atoms with E-state index in [4.69, 9.17) is 16.3 Å². The summed E-state index contributed by atoms with van der Waals surface area (Å²) in [6.45, 7) is 11.1. The number of fused-ring (bicyclic) bond motifs is 5. The van der Waals surface area contributed by atoms with E-state index in [2.05, 4.69) is 26.8 Å². The molecule has 4 rings (SSSR count). The fraction of sp³-hybridized carbons (Fsp3) is 0.844. The van der Waals surface area contributed by atoms with Crippen LogP contribution in [0.1, 0.15) is 131 Å². The van der Waals surface area contributed by atoms with Crippen molar-refractivity contribution >= 4 is 17.6 Å². The molecule has 3 fully saturated rings. The number of unbranched alkanes of at least 4 members (excludes halogenated alkanes) is 5. The molecule has 0 aromatic rings. The second kappa shape index (κ2) is 11.3. The van der Waals surface area contributed by atoms with Crippen molar-refractivity contribution in [1.29, 1.82) is 0 Å². The van der Waals surface area contributed by atoms with Gasteiger partial charge in [0, 0.05) is 17.0 Å². The van der Waals surface area contributed by atoms with Crippen molar-refractivity contribution < 1.29 is 9.53 Å². The number of ether oxygens (including phenoxy) is 1. The Kier molecular flexibility index (Phi) is 8.82. The lowest BCUT2D eigenvalue weighted by Gasteiger charge is -2.58. The lowest BCUT2D eigenvalue weighted by molar-refractivity contribution is -0.146. The van der Waals surface area contributed by atoms with Gasteiger partial charge in [-0.05, 0) is 99.7 Å². The Morgan fingerprint density at radius 2 is 1.74 bits per heavy atom. The maximum Gasteiger partial charge on any atom is 0.335 e. The zero-order valence-electron chi connectivity index (χ0n) is 23.3. The monoisotopic (exact) mass is 502 g/mol. The smallest absolute Gasteiger partial charge is 0.335 e. The summed E-state index contributed by atoms with van der Waals surface area (Å²) in [6.07, 6.45) is 22.7. The van der Waals surface area contributed by atoms with Crippen molar-refractivity contribution in [2.75, 3.05) is 0 Å². The van der Waals surface area contributed by atoms with Crippen LogP contribution in [0.15, 0.2) is 22.3 Å². The minimum atomic E-state index is -0.240. The van der Waals surface area contributed by atoms with Gasteiger partial charge < -0.3 is 4.74 Å². The molecule has 0 amide bonds. The first-order valence-electron chi connectivity index (χ1n) is 14.9. The number of rotatable bonds is 9. The minimum Gasteiger partial charge on any atom is -0.459 e. The number of hydrogen-bond donors (Lipinski definition) is 0. The molecule has 7 atom stereocenters. The molecule has 0 aliphatic heterocycles. The summed E-state index contributed by atoms with van der Waals surface area (Å²) in [7, 11) is 0. The molecule has 0 unspecified atom stereocenters. The van der Waals surface area contributed by atoms with E-state index in [9.17, 15) is 4.79 Å². The summed E-state index contributed by atoms with van der Waals surface area (Å²) in [5.74, 6) is 3.30. The molecule has 0 aromatic heterocycles. The Hall–Kier alpha value is -0.760. The van der Waals surface area contributed by atoms with Crippen molar-refractivity contribution in [2.24, 2.45) is 34.5 Å². The van der Waals surface area contributed by atoms with Crippen molar-refractivity contribution in [3.63, 3.8) is 0 Å². The van der Waals surface area contributed by atoms with Crippen LogP contribution in [0.2, 0.25) is 0 Å². The van der Waals surface area contributed by atoms with Gasteiger partial charge in [-0.1, -0.05) is 82.5 Å². The molecule has 0 spiro atoms. The van der Waals surface area contributed by atoms with Crippen LogP contribution in [0.3, 0.4) is 0 Å². The van der Waals surface area contributed by atoms with Crippen LogP contribution < -0.4 is 0 Å². The maximum atomic E-state index is 12.5. The molecule has 4 aliphatic carbocycles. The first-order valence-corrected chi connectivity index (χ1v) is 15.3. The molecule has 0 heterocycles. The highest BCUT2D eigenvalue weighted by atomic mass is 35.5. The van der Waals surface area contributed by atoms with Crippen LogP contribution in [-0.2, 0) is 9.53 Å². The van der Waals surface area contributed by atoms with E-state index in [0.29, 0.717) is 21.4 Å². The Balaban J connectivity index is 1.38. The average Bonchev–Trinajstić information content (AvgIpc) is 3.17. The number of esters is 1. The standard InChI is InChI=1S/C32H51ClO2/c1-6-7-8-9-10-11-12-24-14-16-28-27-15-13-25-21-26(35-30(34)22(2)23(3)33)17-19-32(25,5)29(27)18-20-31(24,28)4/h13,24,26-29H,6-12,14-21H2,1-5H3/b23-22+/t24-,26-,27-,28-,29-,31+,32-/m0/s1. The van der Waals surface area contributed by atoms with Crippen LogP contribution in [0.25, 0.3) is 0 Å². The van der Waals surface area contributed by atoms with Crippen LogP contribution >= 0.6 is 11.6 Å². The number of carbonyl (C=O) groups excluding carboxylic acids is 1. The van der Waals surface area contributed by atoms with E-state index in [1.54, 1.807) is 19.4 Å². The second-order valence-electron chi connectivity index (χ2n) is 13.1. The van der Waals surface area contributed by atoms with Gasteiger partial charge in [0.05, 0.1) is 0 Å². The van der Waals surface area contributed by atoms with Crippen molar-refractivity contribution in [2.45, 2.75) is 137 Å². The Labute approximate surface area is 220 Å². The van der Waals surface area contributed by atoms with Crippen LogP contribution in [0, 0.1) is 34.5 Å². The van der Waals surface area contributed by atoms with Gasteiger partial charge in [-0.2, -0.15) is 0 Å². The lowest BCUT2D eigenvalue weighted by Crippen LogP contribution is -2.50. The summed E-state index contributed by atoms with van der Waals surface area (Å²) >= 11 is 6.04. The molecule has 0 aromatic carbocycles. The Morgan fingerprint density at radius 1 is 1.00 bits per heavy atom. The molecule has 0 saturated heterocycles. The fourth-order valence-electron chi connectivity index (χ4n) is 8.86. The molecule has 0 radical (unpaired) electrons. The van der Waals surface area contributed by atoms with E-state index in [1.807, 2.05) is 0 Å². The first kappa shape index (κ1) is 27.3. The molecule has 4 aliphatic rings. The van der Waals surface area contributed by atoms with Gasteiger partial charge >= 0.3 is 5.97 Å². The highest BCUT2D eigenvalue weighted by molar-refractivity contribution is 6.31. The minimum absolute atomic E-state index is 0.00591. The van der Waals surface area contributed by atoms with Crippen LogP contribution in [-0.4, -0.2) is 12.1 Å². The van der Waals surface area contributed by atoms with E-state index in [0.717, 1.165) is 42.9 Å². The zero-order chi connectivity index (χ0) is 25.2. The summed E-state index contributed by atoms with van der Waals surface area (Å²) in [6, 6.07) is 0. The molecule has 3 heteroatoms. The third-order valence-corrected chi connectivity index (χ3v) is 11.5. The molecule has 0 bridgehead atoms.